The molecule has 0 heterocycles. The Hall–Kier alpha value is -1.51. The highest BCUT2D eigenvalue weighted by atomic mass is 35.5. The molecule has 0 spiro atoms. The highest BCUT2D eigenvalue weighted by molar-refractivity contribution is 5.85. The fraction of sp³-hybridized carbons (Fsp3) is 0.333. The van der Waals surface area contributed by atoms with Gasteiger partial charge in [0.05, 0.1) is 7.11 Å². The quantitative estimate of drug-likeness (QED) is 0.938. The first-order valence-corrected chi connectivity index (χ1v) is 7.24. The molecule has 21 heavy (non-hydrogen) atoms. The number of methoxy groups -OCH3 is 1. The summed E-state index contributed by atoms with van der Waals surface area (Å²) in [4.78, 5) is 0. The summed E-state index contributed by atoms with van der Waals surface area (Å²) in [6.45, 7) is 0. The molecule has 0 fully saturated rings. The fourth-order valence-corrected chi connectivity index (χ4v) is 3.17. The smallest absolute Gasteiger partial charge is 0.119 e. The van der Waals surface area contributed by atoms with Crippen LogP contribution in [0.1, 0.15) is 29.0 Å². The van der Waals surface area contributed by atoms with Crippen LogP contribution in [0.5, 0.6) is 5.75 Å². The zero-order valence-electron chi connectivity index (χ0n) is 12.3. The standard InChI is InChI=1S/C18H21NO.ClH/c1-20-15-8-9-16-14(12-15)7-10-18(19)17(16)11-13-5-3-2-4-6-13;/h2-6,8-9,12,17-18H,7,10-11,19H2,1H3;1H/t17-,18+;/m1./s1. The first-order chi connectivity index (χ1) is 9.78. The average Bonchev–Trinajstić information content (AvgIpc) is 2.50. The molecule has 2 nitrogen and oxygen atoms in total. The van der Waals surface area contributed by atoms with Crippen LogP contribution in [-0.2, 0) is 12.8 Å². The Morgan fingerprint density at radius 3 is 2.62 bits per heavy atom. The van der Waals surface area contributed by atoms with Crippen molar-refractivity contribution in [3.8, 4) is 5.75 Å². The minimum Gasteiger partial charge on any atom is -0.497 e. The Morgan fingerprint density at radius 2 is 1.90 bits per heavy atom. The lowest BCUT2D eigenvalue weighted by molar-refractivity contribution is 0.411. The van der Waals surface area contributed by atoms with Crippen molar-refractivity contribution < 1.29 is 4.74 Å². The molecule has 0 aliphatic heterocycles. The Bertz CT molecular complexity index is 585. The summed E-state index contributed by atoms with van der Waals surface area (Å²) < 4.78 is 5.33. The van der Waals surface area contributed by atoms with Crippen molar-refractivity contribution in [3.63, 3.8) is 0 Å². The van der Waals surface area contributed by atoms with Gasteiger partial charge < -0.3 is 10.5 Å². The summed E-state index contributed by atoms with van der Waals surface area (Å²) >= 11 is 0. The van der Waals surface area contributed by atoms with E-state index in [1.54, 1.807) is 7.11 Å². The molecule has 3 heteroatoms. The van der Waals surface area contributed by atoms with E-state index < -0.39 is 0 Å². The zero-order valence-corrected chi connectivity index (χ0v) is 13.1. The predicted molar refractivity (Wildman–Crippen MR) is 89.4 cm³/mol. The predicted octanol–water partition coefficient (Wildman–Crippen LogP) is 3.72. The van der Waals surface area contributed by atoms with Crippen molar-refractivity contribution in [2.75, 3.05) is 7.11 Å². The highest BCUT2D eigenvalue weighted by Gasteiger charge is 2.27. The molecule has 2 atom stereocenters. The number of aryl methyl sites for hydroxylation is 1. The van der Waals surface area contributed by atoms with Gasteiger partial charge in [0.2, 0.25) is 0 Å². The molecule has 2 N–H and O–H groups in total. The Kier molecular flexibility index (Phi) is 5.27. The van der Waals surface area contributed by atoms with Crippen LogP contribution in [0.15, 0.2) is 48.5 Å². The van der Waals surface area contributed by atoms with E-state index in [4.69, 9.17) is 10.5 Å². The minimum atomic E-state index is 0. The normalized spacial score (nSPS) is 20.3. The maximum absolute atomic E-state index is 6.38. The van der Waals surface area contributed by atoms with Gasteiger partial charge in [-0.25, -0.2) is 0 Å². The summed E-state index contributed by atoms with van der Waals surface area (Å²) in [5, 5.41) is 0. The number of nitrogens with two attached hydrogens (primary N) is 1. The highest BCUT2D eigenvalue weighted by Crippen LogP contribution is 2.35. The lowest BCUT2D eigenvalue weighted by atomic mass is 9.76. The second-order valence-electron chi connectivity index (χ2n) is 5.56. The van der Waals surface area contributed by atoms with Gasteiger partial charge in [0.1, 0.15) is 5.75 Å². The summed E-state index contributed by atoms with van der Waals surface area (Å²) in [6, 6.07) is 17.3. The molecule has 112 valence electrons. The molecule has 0 aromatic heterocycles. The third-order valence-corrected chi connectivity index (χ3v) is 4.31. The Morgan fingerprint density at radius 1 is 1.14 bits per heavy atom. The first-order valence-electron chi connectivity index (χ1n) is 7.24. The van der Waals surface area contributed by atoms with Crippen molar-refractivity contribution >= 4 is 12.4 Å². The zero-order chi connectivity index (χ0) is 13.9. The number of fused-ring (bicyclic) bond motifs is 1. The molecule has 0 unspecified atom stereocenters. The van der Waals surface area contributed by atoms with E-state index in [1.165, 1.54) is 16.7 Å². The number of halogens is 1. The third-order valence-electron chi connectivity index (χ3n) is 4.31. The van der Waals surface area contributed by atoms with Crippen LogP contribution in [0.2, 0.25) is 0 Å². The molecule has 0 saturated carbocycles. The number of benzene rings is 2. The monoisotopic (exact) mass is 303 g/mol. The summed E-state index contributed by atoms with van der Waals surface area (Å²) in [6.07, 6.45) is 3.12. The minimum absolute atomic E-state index is 0. The van der Waals surface area contributed by atoms with Crippen molar-refractivity contribution in [1.29, 1.82) is 0 Å². The Balaban J connectivity index is 0.00000161. The van der Waals surface area contributed by atoms with Crippen molar-refractivity contribution in [2.24, 2.45) is 5.73 Å². The molecule has 0 amide bonds. The van der Waals surface area contributed by atoms with Crippen LogP contribution in [-0.4, -0.2) is 13.2 Å². The lowest BCUT2D eigenvalue weighted by Gasteiger charge is -2.31. The fourth-order valence-electron chi connectivity index (χ4n) is 3.17. The van der Waals surface area contributed by atoms with E-state index in [0.717, 1.165) is 25.0 Å². The molecule has 2 aromatic rings. The summed E-state index contributed by atoms with van der Waals surface area (Å²) in [5.41, 5.74) is 10.5. The van der Waals surface area contributed by atoms with Gasteiger partial charge in [-0.3, -0.25) is 0 Å². The van der Waals surface area contributed by atoms with Crippen molar-refractivity contribution in [2.45, 2.75) is 31.2 Å². The summed E-state index contributed by atoms with van der Waals surface area (Å²) in [7, 11) is 1.72. The second-order valence-corrected chi connectivity index (χ2v) is 5.56. The molecule has 0 radical (unpaired) electrons. The van der Waals surface area contributed by atoms with E-state index in [9.17, 15) is 0 Å². The second kappa shape index (κ2) is 6.97. The van der Waals surface area contributed by atoms with Crippen molar-refractivity contribution in [1.82, 2.24) is 0 Å². The lowest BCUT2D eigenvalue weighted by Crippen LogP contribution is -2.34. The number of hydrogen-bond acceptors (Lipinski definition) is 2. The average molecular weight is 304 g/mol. The van der Waals surface area contributed by atoms with Gasteiger partial charge in [-0.05, 0) is 48.1 Å². The van der Waals surface area contributed by atoms with E-state index >= 15 is 0 Å². The van der Waals surface area contributed by atoms with Crippen LogP contribution in [0.3, 0.4) is 0 Å². The summed E-state index contributed by atoms with van der Waals surface area (Å²) in [5.74, 6) is 1.35. The molecule has 0 bridgehead atoms. The maximum atomic E-state index is 6.38. The largest absolute Gasteiger partial charge is 0.497 e. The number of hydrogen-bond donors (Lipinski definition) is 1. The van der Waals surface area contributed by atoms with Gasteiger partial charge in [0.25, 0.3) is 0 Å². The van der Waals surface area contributed by atoms with E-state index in [1.807, 2.05) is 0 Å². The molecular weight excluding hydrogens is 282 g/mol. The van der Waals surface area contributed by atoms with Crippen LogP contribution in [0, 0.1) is 0 Å². The number of ether oxygens (including phenoxy) is 1. The molecule has 1 aliphatic rings. The Labute approximate surface area is 132 Å². The van der Waals surface area contributed by atoms with Gasteiger partial charge >= 0.3 is 0 Å². The van der Waals surface area contributed by atoms with Gasteiger partial charge in [-0.2, -0.15) is 0 Å². The van der Waals surface area contributed by atoms with Gasteiger partial charge in [0, 0.05) is 12.0 Å². The topological polar surface area (TPSA) is 35.2 Å². The van der Waals surface area contributed by atoms with Gasteiger partial charge in [0.15, 0.2) is 0 Å². The first kappa shape index (κ1) is 15.9. The van der Waals surface area contributed by atoms with Gasteiger partial charge in [-0.15, -0.1) is 12.4 Å². The van der Waals surface area contributed by atoms with E-state index in [-0.39, 0.29) is 18.4 Å². The van der Waals surface area contributed by atoms with Crippen LogP contribution >= 0.6 is 12.4 Å². The SMILES string of the molecule is COc1ccc2c(c1)CC[C@H](N)[C@@H]2Cc1ccccc1.Cl. The van der Waals surface area contributed by atoms with Gasteiger partial charge in [-0.1, -0.05) is 36.4 Å². The number of rotatable bonds is 3. The third kappa shape index (κ3) is 3.39. The van der Waals surface area contributed by atoms with Crippen LogP contribution < -0.4 is 10.5 Å². The molecule has 3 rings (SSSR count). The maximum Gasteiger partial charge on any atom is 0.119 e. The molecular formula is C18H22ClNO. The van der Waals surface area contributed by atoms with Crippen molar-refractivity contribution in [3.05, 3.63) is 65.2 Å². The van der Waals surface area contributed by atoms with Crippen LogP contribution in [0.4, 0.5) is 0 Å². The molecule has 1 aliphatic carbocycles. The molecule has 0 saturated heterocycles. The molecule has 2 aromatic carbocycles. The van der Waals surface area contributed by atoms with E-state index in [0.29, 0.717) is 5.92 Å². The van der Waals surface area contributed by atoms with Crippen LogP contribution in [0.25, 0.3) is 0 Å². The van der Waals surface area contributed by atoms with E-state index in [2.05, 4.69) is 48.5 Å².